The predicted molar refractivity (Wildman–Crippen MR) is 82.8 cm³/mol. The Morgan fingerprint density at radius 2 is 2.21 bits per heavy atom. The summed E-state index contributed by atoms with van der Waals surface area (Å²) in [5.41, 5.74) is 6.81. The van der Waals surface area contributed by atoms with E-state index in [1.54, 1.807) is 0 Å². The third kappa shape index (κ3) is 3.85. The molecule has 1 saturated heterocycles. The third-order valence-electron chi connectivity index (χ3n) is 4.08. The Hall–Kier alpha value is -0.280. The van der Waals surface area contributed by atoms with E-state index in [0.29, 0.717) is 6.04 Å². The van der Waals surface area contributed by atoms with E-state index >= 15 is 0 Å². The van der Waals surface area contributed by atoms with E-state index < -0.39 is 0 Å². The summed E-state index contributed by atoms with van der Waals surface area (Å²) in [5.74, 6) is 0.721. The van der Waals surface area contributed by atoms with Crippen LogP contribution < -0.4 is 5.73 Å². The molecule has 19 heavy (non-hydrogen) atoms. The second-order valence-electron chi connectivity index (χ2n) is 5.42. The lowest BCUT2D eigenvalue weighted by Crippen LogP contribution is -2.38. The van der Waals surface area contributed by atoms with Crippen molar-refractivity contribution in [3.63, 3.8) is 0 Å². The normalized spacial score (nSPS) is 22.4. The van der Waals surface area contributed by atoms with Crippen molar-refractivity contribution in [3.8, 4) is 0 Å². The van der Waals surface area contributed by atoms with Gasteiger partial charge >= 0.3 is 0 Å². The fourth-order valence-corrected chi connectivity index (χ4v) is 3.41. The van der Waals surface area contributed by atoms with Crippen LogP contribution in [0.25, 0.3) is 0 Å². The highest BCUT2D eigenvalue weighted by atomic mass is 35.5. The van der Waals surface area contributed by atoms with Gasteiger partial charge in [0.2, 0.25) is 0 Å². The van der Waals surface area contributed by atoms with E-state index in [-0.39, 0.29) is 0 Å². The number of likely N-dealkylation sites (tertiary alicyclic amines) is 1. The van der Waals surface area contributed by atoms with Gasteiger partial charge in [0.1, 0.15) is 0 Å². The highest BCUT2D eigenvalue weighted by Gasteiger charge is 2.25. The first-order valence-electron chi connectivity index (χ1n) is 7.01. The molecule has 0 bridgehead atoms. The first-order valence-corrected chi connectivity index (χ1v) is 7.76. The van der Waals surface area contributed by atoms with Gasteiger partial charge < -0.3 is 5.73 Å². The Labute approximate surface area is 125 Å². The monoisotopic (exact) mass is 300 g/mol. The molecule has 2 atom stereocenters. The molecule has 2 N–H and O–H groups in total. The van der Waals surface area contributed by atoms with E-state index in [1.807, 2.05) is 18.2 Å². The maximum Gasteiger partial charge on any atom is 0.0454 e. The van der Waals surface area contributed by atoms with Crippen molar-refractivity contribution in [2.75, 3.05) is 19.6 Å². The van der Waals surface area contributed by atoms with Crippen molar-refractivity contribution in [1.82, 2.24) is 4.90 Å². The molecule has 1 fully saturated rings. The Balaban J connectivity index is 2.10. The minimum atomic E-state index is 0.312. The van der Waals surface area contributed by atoms with Gasteiger partial charge in [0.25, 0.3) is 0 Å². The molecule has 0 aromatic heterocycles. The zero-order valence-electron chi connectivity index (χ0n) is 11.4. The molecule has 1 heterocycles. The van der Waals surface area contributed by atoms with E-state index in [9.17, 15) is 0 Å². The van der Waals surface area contributed by atoms with Gasteiger partial charge in [-0.2, -0.15) is 0 Å². The molecule has 106 valence electrons. The number of hydrogen-bond acceptors (Lipinski definition) is 2. The van der Waals surface area contributed by atoms with Crippen LogP contribution in [0, 0.1) is 5.92 Å². The lowest BCUT2D eigenvalue weighted by molar-refractivity contribution is 0.128. The van der Waals surface area contributed by atoms with Crippen molar-refractivity contribution in [3.05, 3.63) is 33.8 Å². The summed E-state index contributed by atoms with van der Waals surface area (Å²) in [6.45, 7) is 5.24. The van der Waals surface area contributed by atoms with Gasteiger partial charge in [0.15, 0.2) is 0 Å². The van der Waals surface area contributed by atoms with Crippen LogP contribution in [0.2, 0.25) is 10.0 Å². The highest BCUT2D eigenvalue weighted by Crippen LogP contribution is 2.32. The van der Waals surface area contributed by atoms with Crippen molar-refractivity contribution >= 4 is 23.2 Å². The molecule has 2 unspecified atom stereocenters. The zero-order chi connectivity index (χ0) is 13.8. The molecule has 0 saturated carbocycles. The molecule has 0 aliphatic carbocycles. The number of halogens is 2. The number of nitrogens with zero attached hydrogens (tertiary/aromatic N) is 1. The van der Waals surface area contributed by atoms with Crippen LogP contribution in [0.15, 0.2) is 18.2 Å². The molecule has 1 aliphatic rings. The van der Waals surface area contributed by atoms with Crippen LogP contribution in [-0.4, -0.2) is 24.5 Å². The molecule has 2 rings (SSSR count). The Bertz CT molecular complexity index is 421. The minimum Gasteiger partial charge on any atom is -0.330 e. The van der Waals surface area contributed by atoms with Crippen LogP contribution in [0.1, 0.15) is 37.8 Å². The Morgan fingerprint density at radius 1 is 1.42 bits per heavy atom. The van der Waals surface area contributed by atoms with Crippen LogP contribution in [0.3, 0.4) is 0 Å². The average Bonchev–Trinajstić information content (AvgIpc) is 2.41. The van der Waals surface area contributed by atoms with Crippen LogP contribution in [0.5, 0.6) is 0 Å². The number of benzene rings is 1. The predicted octanol–water partition coefficient (Wildman–Crippen LogP) is 4.12. The highest BCUT2D eigenvalue weighted by molar-refractivity contribution is 6.33. The molecule has 4 heteroatoms. The second-order valence-corrected chi connectivity index (χ2v) is 6.27. The van der Waals surface area contributed by atoms with Crippen molar-refractivity contribution in [1.29, 1.82) is 0 Å². The van der Waals surface area contributed by atoms with Gasteiger partial charge in [0, 0.05) is 22.6 Å². The minimum absolute atomic E-state index is 0.312. The Morgan fingerprint density at radius 3 is 2.95 bits per heavy atom. The molecule has 1 aromatic rings. The van der Waals surface area contributed by atoms with Gasteiger partial charge in [0.05, 0.1) is 0 Å². The molecule has 0 spiro atoms. The molecule has 0 amide bonds. The Kier molecular flexibility index (Phi) is 5.52. The van der Waals surface area contributed by atoms with Crippen molar-refractivity contribution in [2.24, 2.45) is 11.7 Å². The van der Waals surface area contributed by atoms with Gasteiger partial charge in [-0.1, -0.05) is 23.2 Å². The lowest BCUT2D eigenvalue weighted by atomic mass is 9.93. The fraction of sp³-hybridized carbons (Fsp3) is 0.600. The van der Waals surface area contributed by atoms with E-state index in [1.165, 1.54) is 12.8 Å². The smallest absolute Gasteiger partial charge is 0.0454 e. The molecule has 0 radical (unpaired) electrons. The molecule has 1 aliphatic heterocycles. The summed E-state index contributed by atoms with van der Waals surface area (Å²) in [6.07, 6.45) is 3.66. The quantitative estimate of drug-likeness (QED) is 0.906. The number of nitrogens with two attached hydrogens (primary N) is 1. The largest absolute Gasteiger partial charge is 0.330 e. The van der Waals surface area contributed by atoms with E-state index in [2.05, 4.69) is 11.8 Å². The zero-order valence-corrected chi connectivity index (χ0v) is 12.9. The summed E-state index contributed by atoms with van der Waals surface area (Å²) in [6, 6.07) is 6.03. The standard InChI is InChI=1S/C15H22Cl2N2/c1-11(14-9-13(16)4-5-15(14)17)19-8-2-3-12(10-19)6-7-18/h4-5,9,11-12H,2-3,6-8,10,18H2,1H3. The summed E-state index contributed by atoms with van der Waals surface area (Å²) >= 11 is 12.4. The number of hydrogen-bond donors (Lipinski definition) is 1. The first kappa shape index (κ1) is 15.1. The fourth-order valence-electron chi connectivity index (χ4n) is 2.95. The average molecular weight is 301 g/mol. The second kappa shape index (κ2) is 6.94. The summed E-state index contributed by atoms with van der Waals surface area (Å²) in [7, 11) is 0. The maximum atomic E-state index is 6.30. The van der Waals surface area contributed by atoms with E-state index in [0.717, 1.165) is 47.6 Å². The first-order chi connectivity index (χ1) is 9.11. The SMILES string of the molecule is CC(c1cc(Cl)ccc1Cl)N1CCCC(CCN)C1. The van der Waals surface area contributed by atoms with Crippen molar-refractivity contribution in [2.45, 2.75) is 32.2 Å². The molecule has 1 aromatic carbocycles. The van der Waals surface area contributed by atoms with Crippen LogP contribution in [0.4, 0.5) is 0 Å². The summed E-state index contributed by atoms with van der Waals surface area (Å²) in [5, 5.41) is 1.56. The van der Waals surface area contributed by atoms with Crippen molar-refractivity contribution < 1.29 is 0 Å². The third-order valence-corrected chi connectivity index (χ3v) is 4.66. The van der Waals surface area contributed by atoms with E-state index in [4.69, 9.17) is 28.9 Å². The summed E-state index contributed by atoms with van der Waals surface area (Å²) < 4.78 is 0. The van der Waals surface area contributed by atoms with Gasteiger partial charge in [-0.05, 0) is 69.0 Å². The molecular weight excluding hydrogens is 279 g/mol. The lowest BCUT2D eigenvalue weighted by Gasteiger charge is -2.37. The number of piperidine rings is 1. The van der Waals surface area contributed by atoms with Gasteiger partial charge in [-0.25, -0.2) is 0 Å². The topological polar surface area (TPSA) is 29.3 Å². The number of rotatable bonds is 4. The van der Waals surface area contributed by atoms with Crippen LogP contribution >= 0.6 is 23.2 Å². The van der Waals surface area contributed by atoms with Gasteiger partial charge in [-0.15, -0.1) is 0 Å². The maximum absolute atomic E-state index is 6.30. The van der Waals surface area contributed by atoms with Gasteiger partial charge in [-0.3, -0.25) is 4.90 Å². The van der Waals surface area contributed by atoms with Crippen LogP contribution in [-0.2, 0) is 0 Å². The molecule has 2 nitrogen and oxygen atoms in total. The summed E-state index contributed by atoms with van der Waals surface area (Å²) in [4.78, 5) is 2.50. The molecular formula is C15H22Cl2N2.